The van der Waals surface area contributed by atoms with Crippen molar-refractivity contribution in [3.63, 3.8) is 0 Å². The minimum atomic E-state index is -1.56. The molecule has 2 heterocycles. The summed E-state index contributed by atoms with van der Waals surface area (Å²) in [4.78, 5) is 0. The van der Waals surface area contributed by atoms with Crippen LogP contribution in [0.1, 0.15) is 31.0 Å². The maximum Gasteiger partial charge on any atom is 0.239 e. The molecule has 41 heavy (non-hydrogen) atoms. The van der Waals surface area contributed by atoms with Gasteiger partial charge >= 0.3 is 0 Å². The van der Waals surface area contributed by atoms with E-state index in [9.17, 15) is 20.4 Å². The van der Waals surface area contributed by atoms with Crippen LogP contribution in [-0.2, 0) is 11.2 Å². The molecule has 0 unspecified atom stereocenters. The molecular formula is C32H36N2O7. The first-order chi connectivity index (χ1) is 19.8. The first-order valence-electron chi connectivity index (χ1n) is 13.7. The Bertz CT molecular complexity index is 1420. The number of aliphatic hydroxyl groups excluding tert-OH is 4. The molecule has 9 heteroatoms. The fourth-order valence-corrected chi connectivity index (χ4v) is 5.06. The molecule has 3 aromatic carbocycles. The summed E-state index contributed by atoms with van der Waals surface area (Å²) in [5, 5.41) is 45.7. The van der Waals surface area contributed by atoms with Gasteiger partial charge in [-0.1, -0.05) is 66.7 Å². The summed E-state index contributed by atoms with van der Waals surface area (Å²) >= 11 is 0. The number of nitrogens with zero attached hydrogens (tertiary/aromatic N) is 2. The highest BCUT2D eigenvalue weighted by Crippen LogP contribution is 2.37. The summed E-state index contributed by atoms with van der Waals surface area (Å²) in [6, 6.07) is 26.0. The minimum Gasteiger partial charge on any atom is -0.497 e. The molecule has 0 spiro atoms. The molecule has 0 aliphatic carbocycles. The van der Waals surface area contributed by atoms with Gasteiger partial charge in [-0.05, 0) is 42.7 Å². The minimum absolute atomic E-state index is 0.0411. The van der Waals surface area contributed by atoms with E-state index in [-0.39, 0.29) is 11.9 Å². The van der Waals surface area contributed by atoms with Crippen LogP contribution in [0.25, 0.3) is 22.4 Å². The van der Waals surface area contributed by atoms with E-state index in [2.05, 4.69) is 24.3 Å². The monoisotopic (exact) mass is 560 g/mol. The van der Waals surface area contributed by atoms with Gasteiger partial charge in [-0.25, -0.2) is 0 Å². The van der Waals surface area contributed by atoms with Crippen LogP contribution < -0.4 is 9.47 Å². The van der Waals surface area contributed by atoms with Gasteiger partial charge in [0, 0.05) is 23.6 Å². The molecule has 0 amide bonds. The van der Waals surface area contributed by atoms with Crippen LogP contribution in [0.2, 0.25) is 0 Å². The largest absolute Gasteiger partial charge is 0.497 e. The van der Waals surface area contributed by atoms with Gasteiger partial charge in [0.05, 0.1) is 19.4 Å². The smallest absolute Gasteiger partial charge is 0.239 e. The van der Waals surface area contributed by atoms with Gasteiger partial charge in [-0.2, -0.15) is 0 Å². The van der Waals surface area contributed by atoms with Crippen LogP contribution in [0, 0.1) is 0 Å². The number of rotatable bonds is 9. The molecule has 1 aliphatic rings. The molecule has 1 aromatic heterocycles. The standard InChI is InChI=1S/C32H36N2O7/c1-19(2)34-27(23-13-11-22(12-14-23)21-7-5-4-6-8-21)25(17-20-9-15-24(39-3)16-10-20)31(33-34)41-32-30(38)29(37)28(36)26(18-35)40-32/h4-16,19,26,28-30,32,35-38H,17-18H2,1-3H3/t26-,28-,29+,30-,32+/m1/s1. The van der Waals surface area contributed by atoms with Crippen molar-refractivity contribution >= 4 is 0 Å². The lowest BCUT2D eigenvalue weighted by molar-refractivity contribution is -0.278. The van der Waals surface area contributed by atoms with Crippen molar-refractivity contribution in [3.05, 3.63) is 90.0 Å². The van der Waals surface area contributed by atoms with Crippen molar-refractivity contribution < 1.29 is 34.6 Å². The molecule has 9 nitrogen and oxygen atoms in total. The van der Waals surface area contributed by atoms with Gasteiger partial charge in [0.1, 0.15) is 30.2 Å². The lowest BCUT2D eigenvalue weighted by atomic mass is 9.98. The Morgan fingerprint density at radius 1 is 0.829 bits per heavy atom. The molecule has 216 valence electrons. The summed E-state index contributed by atoms with van der Waals surface area (Å²) in [5.74, 6) is 0.960. The number of hydrogen-bond acceptors (Lipinski definition) is 8. The number of hydrogen-bond donors (Lipinski definition) is 4. The molecule has 0 bridgehead atoms. The lowest BCUT2D eigenvalue weighted by Crippen LogP contribution is -2.60. The van der Waals surface area contributed by atoms with Crippen molar-refractivity contribution in [1.82, 2.24) is 9.78 Å². The van der Waals surface area contributed by atoms with E-state index in [0.717, 1.165) is 39.3 Å². The first-order valence-corrected chi connectivity index (χ1v) is 13.7. The third kappa shape index (κ3) is 6.00. The quantitative estimate of drug-likeness (QED) is 0.245. The zero-order chi connectivity index (χ0) is 29.1. The Kier molecular flexibility index (Phi) is 8.72. The van der Waals surface area contributed by atoms with E-state index in [0.29, 0.717) is 6.42 Å². The fourth-order valence-electron chi connectivity index (χ4n) is 5.06. The summed E-state index contributed by atoms with van der Waals surface area (Å²) in [6.07, 6.45) is -6.61. The summed E-state index contributed by atoms with van der Waals surface area (Å²) in [5.41, 5.74) is 5.71. The van der Waals surface area contributed by atoms with Crippen molar-refractivity contribution in [2.24, 2.45) is 0 Å². The normalized spacial score (nSPS) is 22.6. The van der Waals surface area contributed by atoms with E-state index in [1.165, 1.54) is 0 Å². The number of methoxy groups -OCH3 is 1. The summed E-state index contributed by atoms with van der Waals surface area (Å²) < 4.78 is 19.0. The van der Waals surface area contributed by atoms with Crippen LogP contribution >= 0.6 is 0 Å². The maximum absolute atomic E-state index is 10.7. The molecular weight excluding hydrogens is 524 g/mol. The van der Waals surface area contributed by atoms with Crippen molar-refractivity contribution in [3.8, 4) is 34.0 Å². The lowest BCUT2D eigenvalue weighted by Gasteiger charge is -2.39. The molecule has 1 aliphatic heterocycles. The third-order valence-electron chi connectivity index (χ3n) is 7.34. The maximum atomic E-state index is 10.7. The Balaban J connectivity index is 1.58. The topological polar surface area (TPSA) is 126 Å². The molecule has 4 N–H and O–H groups in total. The second-order valence-electron chi connectivity index (χ2n) is 10.5. The highest BCUT2D eigenvalue weighted by atomic mass is 16.7. The molecule has 0 saturated carbocycles. The average Bonchev–Trinajstić information content (AvgIpc) is 3.36. The van der Waals surface area contributed by atoms with Gasteiger partial charge in [-0.3, -0.25) is 4.68 Å². The van der Waals surface area contributed by atoms with Crippen LogP contribution in [0.3, 0.4) is 0 Å². The van der Waals surface area contributed by atoms with E-state index in [1.807, 2.05) is 73.1 Å². The molecule has 1 saturated heterocycles. The van der Waals surface area contributed by atoms with Gasteiger partial charge in [0.25, 0.3) is 0 Å². The van der Waals surface area contributed by atoms with Gasteiger partial charge in [-0.15, -0.1) is 5.10 Å². The first kappa shape index (κ1) is 28.8. The number of ether oxygens (including phenoxy) is 3. The third-order valence-corrected chi connectivity index (χ3v) is 7.34. The second-order valence-corrected chi connectivity index (χ2v) is 10.5. The molecule has 5 rings (SSSR count). The predicted molar refractivity (Wildman–Crippen MR) is 154 cm³/mol. The number of aliphatic hydroxyl groups is 4. The molecule has 0 radical (unpaired) electrons. The number of aromatic nitrogens is 2. The Morgan fingerprint density at radius 3 is 2.07 bits per heavy atom. The average molecular weight is 561 g/mol. The second kappa shape index (κ2) is 12.4. The molecule has 1 fully saturated rings. The zero-order valence-electron chi connectivity index (χ0n) is 23.3. The Labute approximate surface area is 239 Å². The van der Waals surface area contributed by atoms with Crippen LogP contribution in [0.15, 0.2) is 78.9 Å². The Morgan fingerprint density at radius 2 is 1.46 bits per heavy atom. The number of benzene rings is 3. The zero-order valence-corrected chi connectivity index (χ0v) is 23.3. The fraction of sp³-hybridized carbons (Fsp3) is 0.344. The highest BCUT2D eigenvalue weighted by molar-refractivity contribution is 5.72. The van der Waals surface area contributed by atoms with Crippen LogP contribution in [-0.4, -0.2) is 74.6 Å². The van der Waals surface area contributed by atoms with Crippen LogP contribution in [0.4, 0.5) is 0 Å². The van der Waals surface area contributed by atoms with Gasteiger partial charge < -0.3 is 34.6 Å². The van der Waals surface area contributed by atoms with Crippen molar-refractivity contribution in [2.45, 2.75) is 57.0 Å². The van der Waals surface area contributed by atoms with E-state index in [1.54, 1.807) is 7.11 Å². The summed E-state index contributed by atoms with van der Waals surface area (Å²) in [6.45, 7) is 3.48. The van der Waals surface area contributed by atoms with Gasteiger partial charge in [0.15, 0.2) is 0 Å². The van der Waals surface area contributed by atoms with E-state index in [4.69, 9.17) is 19.3 Å². The Hall–Kier alpha value is -3.73. The predicted octanol–water partition coefficient (Wildman–Crippen LogP) is 3.58. The van der Waals surface area contributed by atoms with E-state index >= 15 is 0 Å². The SMILES string of the molecule is COc1ccc(Cc2c(O[C@@H]3O[C@H](CO)[C@@H](O)[C@H](O)[C@H]3O)nn(C(C)C)c2-c2ccc(-c3ccccc3)cc2)cc1. The molecule has 4 aromatic rings. The molecule has 5 atom stereocenters. The highest BCUT2D eigenvalue weighted by Gasteiger charge is 2.45. The van der Waals surface area contributed by atoms with E-state index < -0.39 is 37.3 Å². The summed E-state index contributed by atoms with van der Waals surface area (Å²) in [7, 11) is 1.62. The van der Waals surface area contributed by atoms with Gasteiger partial charge in [0.2, 0.25) is 12.2 Å². The van der Waals surface area contributed by atoms with Crippen molar-refractivity contribution in [1.29, 1.82) is 0 Å². The van der Waals surface area contributed by atoms with Crippen molar-refractivity contribution in [2.75, 3.05) is 13.7 Å². The van der Waals surface area contributed by atoms with Crippen LogP contribution in [0.5, 0.6) is 11.6 Å².